The van der Waals surface area contributed by atoms with Gasteiger partial charge in [0.2, 0.25) is 0 Å². The first-order chi connectivity index (χ1) is 9.86. The Balaban J connectivity index is 2.62. The number of methoxy groups -OCH3 is 1. The number of rotatable bonds is 8. The van der Waals surface area contributed by atoms with Gasteiger partial charge in [0, 0.05) is 26.7 Å². The summed E-state index contributed by atoms with van der Waals surface area (Å²) in [7, 11) is 3.51. The second-order valence-electron chi connectivity index (χ2n) is 4.49. The fraction of sp³-hybridized carbons (Fsp3) is 0.583. The number of nitrogen functional groups attached to an aromatic ring is 1. The predicted molar refractivity (Wildman–Crippen MR) is 74.9 cm³/mol. The molecule has 6 nitrogen and oxygen atoms in total. The van der Waals surface area contributed by atoms with E-state index < -0.39 is 11.7 Å². The maximum atomic E-state index is 12.7. The van der Waals surface area contributed by atoms with E-state index in [1.807, 2.05) is 11.9 Å². The highest BCUT2D eigenvalue weighted by Gasteiger charge is 2.31. The number of hydrogen-bond acceptors (Lipinski definition) is 6. The van der Waals surface area contributed by atoms with Gasteiger partial charge in [-0.25, -0.2) is 10.8 Å². The van der Waals surface area contributed by atoms with Crippen LogP contribution in [0.4, 0.5) is 24.8 Å². The molecule has 0 saturated heterocycles. The van der Waals surface area contributed by atoms with Gasteiger partial charge >= 0.3 is 6.18 Å². The lowest BCUT2D eigenvalue weighted by molar-refractivity contribution is -0.137. The maximum absolute atomic E-state index is 12.7. The van der Waals surface area contributed by atoms with E-state index in [2.05, 4.69) is 15.7 Å². The van der Waals surface area contributed by atoms with Crippen molar-refractivity contribution in [1.82, 2.24) is 9.88 Å². The Labute approximate surface area is 121 Å². The monoisotopic (exact) mass is 307 g/mol. The molecule has 0 aliphatic carbocycles. The van der Waals surface area contributed by atoms with Crippen molar-refractivity contribution in [3.63, 3.8) is 0 Å². The number of hydrazine groups is 1. The Morgan fingerprint density at radius 1 is 1.29 bits per heavy atom. The molecule has 1 rings (SSSR count). The quantitative estimate of drug-likeness (QED) is 0.497. The lowest BCUT2D eigenvalue weighted by Gasteiger charge is -2.17. The minimum atomic E-state index is -4.44. The number of anilines is 2. The van der Waals surface area contributed by atoms with E-state index in [0.717, 1.165) is 18.7 Å². The summed E-state index contributed by atoms with van der Waals surface area (Å²) in [5.41, 5.74) is 1.32. The van der Waals surface area contributed by atoms with Crippen LogP contribution >= 0.6 is 0 Å². The molecule has 0 spiro atoms. The van der Waals surface area contributed by atoms with Gasteiger partial charge in [0.25, 0.3) is 0 Å². The average molecular weight is 307 g/mol. The second kappa shape index (κ2) is 8.01. The second-order valence-corrected chi connectivity index (χ2v) is 4.49. The van der Waals surface area contributed by atoms with Crippen molar-refractivity contribution < 1.29 is 17.9 Å². The van der Waals surface area contributed by atoms with Crippen molar-refractivity contribution in [2.75, 3.05) is 51.1 Å². The average Bonchev–Trinajstić information content (AvgIpc) is 2.43. The van der Waals surface area contributed by atoms with Crippen LogP contribution in [0.5, 0.6) is 0 Å². The van der Waals surface area contributed by atoms with Crippen molar-refractivity contribution in [3.8, 4) is 0 Å². The molecule has 21 heavy (non-hydrogen) atoms. The van der Waals surface area contributed by atoms with Crippen LogP contribution in [0.1, 0.15) is 5.56 Å². The lowest BCUT2D eigenvalue weighted by atomic mass is 10.2. The molecule has 120 valence electrons. The van der Waals surface area contributed by atoms with Crippen LogP contribution in [-0.2, 0) is 10.9 Å². The molecule has 1 aromatic heterocycles. The summed E-state index contributed by atoms with van der Waals surface area (Å²) in [4.78, 5) is 5.93. The molecule has 9 heteroatoms. The number of hydrogen-bond donors (Lipinski definition) is 3. The van der Waals surface area contributed by atoms with E-state index in [9.17, 15) is 13.2 Å². The molecule has 1 aromatic rings. The summed E-state index contributed by atoms with van der Waals surface area (Å²) in [6.45, 7) is 2.44. The van der Waals surface area contributed by atoms with E-state index in [4.69, 9.17) is 10.6 Å². The first-order valence-corrected chi connectivity index (χ1v) is 6.34. The maximum Gasteiger partial charge on any atom is 0.416 e. The number of ether oxygens (including phenoxy) is 1. The Morgan fingerprint density at radius 2 is 1.95 bits per heavy atom. The molecule has 0 aliphatic heterocycles. The normalized spacial score (nSPS) is 11.8. The van der Waals surface area contributed by atoms with Crippen LogP contribution in [0.15, 0.2) is 12.1 Å². The van der Waals surface area contributed by atoms with E-state index in [0.29, 0.717) is 19.7 Å². The predicted octanol–water partition coefficient (Wildman–Crippen LogP) is 1.38. The van der Waals surface area contributed by atoms with Crippen molar-refractivity contribution in [2.45, 2.75) is 6.18 Å². The molecular formula is C12H20F3N5O. The third kappa shape index (κ3) is 6.15. The zero-order valence-electron chi connectivity index (χ0n) is 12.0. The van der Waals surface area contributed by atoms with E-state index >= 15 is 0 Å². The van der Waals surface area contributed by atoms with E-state index in [-0.39, 0.29) is 11.6 Å². The van der Waals surface area contributed by atoms with Crippen LogP contribution < -0.4 is 16.6 Å². The van der Waals surface area contributed by atoms with E-state index in [1.54, 1.807) is 7.11 Å². The van der Waals surface area contributed by atoms with Gasteiger partial charge in [-0.3, -0.25) is 0 Å². The number of nitrogens with one attached hydrogen (secondary N) is 2. The largest absolute Gasteiger partial charge is 0.416 e. The summed E-state index contributed by atoms with van der Waals surface area (Å²) >= 11 is 0. The van der Waals surface area contributed by atoms with Gasteiger partial charge in [0.15, 0.2) is 0 Å². The van der Waals surface area contributed by atoms with Gasteiger partial charge in [-0.15, -0.1) is 0 Å². The Kier molecular flexibility index (Phi) is 6.66. The molecule has 0 unspecified atom stereocenters. The van der Waals surface area contributed by atoms with E-state index in [1.165, 1.54) is 0 Å². The van der Waals surface area contributed by atoms with Gasteiger partial charge in [0.05, 0.1) is 12.2 Å². The van der Waals surface area contributed by atoms with Crippen molar-refractivity contribution in [3.05, 3.63) is 17.7 Å². The van der Waals surface area contributed by atoms with Crippen LogP contribution in [0.2, 0.25) is 0 Å². The van der Waals surface area contributed by atoms with Gasteiger partial charge in [-0.2, -0.15) is 13.2 Å². The van der Waals surface area contributed by atoms with Crippen LogP contribution in [0, 0.1) is 0 Å². The number of pyridine rings is 1. The van der Waals surface area contributed by atoms with Crippen LogP contribution in [0.3, 0.4) is 0 Å². The Bertz CT molecular complexity index is 441. The number of likely N-dealkylation sites (N-methyl/N-ethyl adjacent to an activating group) is 1. The SMILES string of the molecule is COCCN(C)CCNc1cc(C(F)(F)F)cc(NN)n1. The first kappa shape index (κ1) is 17.5. The van der Waals surface area contributed by atoms with Gasteiger partial charge in [-0.05, 0) is 19.2 Å². The Morgan fingerprint density at radius 3 is 2.52 bits per heavy atom. The minimum absolute atomic E-state index is 0.0416. The zero-order chi connectivity index (χ0) is 15.9. The molecule has 0 radical (unpaired) electrons. The van der Waals surface area contributed by atoms with Crippen molar-refractivity contribution in [1.29, 1.82) is 0 Å². The lowest BCUT2D eigenvalue weighted by Crippen LogP contribution is -2.28. The molecule has 1 heterocycles. The smallest absolute Gasteiger partial charge is 0.383 e. The molecule has 0 fully saturated rings. The van der Waals surface area contributed by atoms with Gasteiger partial charge < -0.3 is 20.4 Å². The number of nitrogens with two attached hydrogens (primary N) is 1. The molecule has 0 atom stereocenters. The minimum Gasteiger partial charge on any atom is -0.383 e. The fourth-order valence-electron chi connectivity index (χ4n) is 1.59. The summed E-state index contributed by atoms with van der Waals surface area (Å²) in [6, 6.07) is 1.81. The molecule has 4 N–H and O–H groups in total. The summed E-state index contributed by atoms with van der Waals surface area (Å²) in [5, 5.41) is 2.85. The number of nitrogens with zero attached hydrogens (tertiary/aromatic N) is 2. The molecule has 0 aromatic carbocycles. The molecule has 0 bridgehead atoms. The van der Waals surface area contributed by atoms with Gasteiger partial charge in [0.1, 0.15) is 11.6 Å². The molecule has 0 amide bonds. The number of alkyl halides is 3. The highest BCUT2D eigenvalue weighted by molar-refractivity contribution is 5.49. The van der Waals surface area contributed by atoms with Crippen LogP contribution in [-0.4, -0.2) is 50.3 Å². The number of halogens is 3. The highest BCUT2D eigenvalue weighted by Crippen LogP contribution is 2.31. The fourth-order valence-corrected chi connectivity index (χ4v) is 1.59. The zero-order valence-corrected chi connectivity index (χ0v) is 12.0. The summed E-state index contributed by atoms with van der Waals surface area (Å²) in [6.07, 6.45) is -4.44. The van der Waals surface area contributed by atoms with Crippen molar-refractivity contribution >= 4 is 11.6 Å². The highest BCUT2D eigenvalue weighted by atomic mass is 19.4. The summed E-state index contributed by atoms with van der Waals surface area (Å²) in [5.74, 6) is 5.21. The summed E-state index contributed by atoms with van der Waals surface area (Å²) < 4.78 is 43.1. The Hall–Kier alpha value is -1.58. The molecular weight excluding hydrogens is 287 g/mol. The number of aromatic nitrogens is 1. The van der Waals surface area contributed by atoms with Gasteiger partial charge in [-0.1, -0.05) is 0 Å². The third-order valence-electron chi connectivity index (χ3n) is 2.78. The first-order valence-electron chi connectivity index (χ1n) is 6.34. The third-order valence-corrected chi connectivity index (χ3v) is 2.78. The molecule has 0 aliphatic rings. The molecule has 0 saturated carbocycles. The standard InChI is InChI=1S/C12H20F3N5O/c1-20(5-6-21-2)4-3-17-10-7-9(12(13,14)15)8-11(18-10)19-16/h7-8H,3-6,16H2,1-2H3,(H2,17,18,19). The van der Waals surface area contributed by atoms with Crippen molar-refractivity contribution in [2.24, 2.45) is 5.84 Å². The van der Waals surface area contributed by atoms with Crippen LogP contribution in [0.25, 0.3) is 0 Å². The topological polar surface area (TPSA) is 75.4 Å².